The molecule has 4 heterocycles. The van der Waals surface area contributed by atoms with Crippen LogP contribution in [0.25, 0.3) is 10.7 Å². The predicted molar refractivity (Wildman–Crippen MR) is 106 cm³/mol. The molecule has 0 aromatic carbocycles. The topological polar surface area (TPSA) is 104 Å². The van der Waals surface area contributed by atoms with Gasteiger partial charge in [-0.25, -0.2) is 8.42 Å². The van der Waals surface area contributed by atoms with E-state index in [0.717, 1.165) is 20.3 Å². The van der Waals surface area contributed by atoms with Crippen LogP contribution in [0.15, 0.2) is 25.6 Å². The Kier molecular flexibility index (Phi) is 5.41. The van der Waals surface area contributed by atoms with Crippen LogP contribution in [0.5, 0.6) is 0 Å². The molecule has 1 atom stereocenters. The van der Waals surface area contributed by atoms with E-state index in [9.17, 15) is 8.42 Å². The Morgan fingerprint density at radius 3 is 3.00 bits per heavy atom. The lowest BCUT2D eigenvalue weighted by atomic mass is 10.1. The monoisotopic (exact) mass is 489 g/mol. The van der Waals surface area contributed by atoms with Crippen molar-refractivity contribution >= 4 is 48.9 Å². The quantitative estimate of drug-likeness (QED) is 0.486. The van der Waals surface area contributed by atoms with Crippen LogP contribution in [0.1, 0.15) is 18.1 Å². The van der Waals surface area contributed by atoms with E-state index in [1.54, 1.807) is 11.3 Å². The molecule has 4 rings (SSSR count). The van der Waals surface area contributed by atoms with E-state index in [0.29, 0.717) is 30.3 Å². The summed E-state index contributed by atoms with van der Waals surface area (Å²) in [4.78, 5) is 5.35. The summed E-state index contributed by atoms with van der Waals surface area (Å²) in [6.07, 6.45) is 1.32. The Morgan fingerprint density at radius 2 is 2.30 bits per heavy atom. The summed E-state index contributed by atoms with van der Waals surface area (Å²) < 4.78 is 31.4. The van der Waals surface area contributed by atoms with Gasteiger partial charge >= 0.3 is 0 Å². The summed E-state index contributed by atoms with van der Waals surface area (Å²) in [6, 6.07) is 1.95. The number of thioether (sulfide) groups is 1. The Morgan fingerprint density at radius 1 is 1.44 bits per heavy atom. The number of hydrogen-bond donors (Lipinski definition) is 0. The van der Waals surface area contributed by atoms with Crippen molar-refractivity contribution in [3.8, 4) is 10.7 Å². The zero-order valence-corrected chi connectivity index (χ0v) is 18.4. The van der Waals surface area contributed by atoms with Gasteiger partial charge in [0.05, 0.1) is 22.1 Å². The molecule has 1 aliphatic heterocycles. The van der Waals surface area contributed by atoms with Crippen LogP contribution >= 0.6 is 39.0 Å². The van der Waals surface area contributed by atoms with E-state index in [2.05, 4.69) is 36.3 Å². The molecule has 3 aromatic heterocycles. The lowest BCUT2D eigenvalue weighted by Gasteiger charge is -2.07. The molecule has 1 aliphatic rings. The second kappa shape index (κ2) is 7.64. The van der Waals surface area contributed by atoms with Crippen LogP contribution in [0.4, 0.5) is 0 Å². The fraction of sp³-hybridized carbons (Fsp3) is 0.467. The van der Waals surface area contributed by atoms with E-state index in [-0.39, 0.29) is 17.4 Å². The summed E-state index contributed by atoms with van der Waals surface area (Å²) in [5.41, 5.74) is 0. The van der Waals surface area contributed by atoms with Gasteiger partial charge in [-0.3, -0.25) is 0 Å². The third kappa shape index (κ3) is 4.44. The van der Waals surface area contributed by atoms with Crippen LogP contribution in [0, 0.1) is 5.92 Å². The highest BCUT2D eigenvalue weighted by atomic mass is 79.9. The highest BCUT2D eigenvalue weighted by Crippen LogP contribution is 2.29. The fourth-order valence-corrected chi connectivity index (χ4v) is 6.89. The first-order valence-corrected chi connectivity index (χ1v) is 12.7. The number of halogens is 1. The molecule has 8 nitrogen and oxygen atoms in total. The average molecular weight is 490 g/mol. The van der Waals surface area contributed by atoms with E-state index >= 15 is 0 Å². The molecule has 0 N–H and O–H groups in total. The summed E-state index contributed by atoms with van der Waals surface area (Å²) in [7, 11) is -0.987. The van der Waals surface area contributed by atoms with Crippen molar-refractivity contribution in [1.82, 2.24) is 24.9 Å². The number of sulfone groups is 1. The molecule has 0 bridgehead atoms. The average Bonchev–Trinajstić information content (AvgIpc) is 3.37. The largest absolute Gasteiger partial charge is 0.338 e. The van der Waals surface area contributed by atoms with Crippen LogP contribution in [0.3, 0.4) is 0 Å². The molecule has 0 spiro atoms. The van der Waals surface area contributed by atoms with Gasteiger partial charge in [0.25, 0.3) is 0 Å². The van der Waals surface area contributed by atoms with Crippen molar-refractivity contribution in [3.63, 3.8) is 0 Å². The second-order valence-electron chi connectivity index (χ2n) is 6.36. The molecule has 0 radical (unpaired) electrons. The number of aromatic nitrogens is 5. The first-order valence-electron chi connectivity index (χ1n) is 8.18. The molecule has 3 aromatic rings. The minimum Gasteiger partial charge on any atom is -0.338 e. The first kappa shape index (κ1) is 19.1. The molecule has 0 saturated carbocycles. The molecular formula is C15H16BrN5O3S3. The third-order valence-corrected chi connectivity index (χ3v) is 8.83. The lowest BCUT2D eigenvalue weighted by Crippen LogP contribution is -2.11. The smallest absolute Gasteiger partial charge is 0.237 e. The minimum absolute atomic E-state index is 0.124. The normalized spacial score (nSPS) is 19.0. The van der Waals surface area contributed by atoms with Crippen molar-refractivity contribution < 1.29 is 12.9 Å². The van der Waals surface area contributed by atoms with Crippen molar-refractivity contribution in [3.05, 3.63) is 27.6 Å². The lowest BCUT2D eigenvalue weighted by molar-refractivity contribution is 0.391. The SMILES string of the molecule is Cn1c(CC2CCS(=O)(=O)C2)nnc1SCc1nc(-c2cc(Br)cs2)no1. The fourth-order valence-electron chi connectivity index (χ4n) is 2.91. The molecule has 27 heavy (non-hydrogen) atoms. The van der Waals surface area contributed by atoms with Gasteiger partial charge in [-0.1, -0.05) is 16.9 Å². The molecule has 0 amide bonds. The Hall–Kier alpha value is -1.24. The standard InChI is InChI=1S/C15H16BrN5O3S3/c1-21-12(4-9-2-3-27(22,23)8-9)18-19-15(21)26-7-13-17-14(20-24-13)11-5-10(16)6-25-11/h5-6,9H,2-4,7-8H2,1H3. The first-order chi connectivity index (χ1) is 12.9. The molecule has 12 heteroatoms. The summed E-state index contributed by atoms with van der Waals surface area (Å²) in [5.74, 6) is 3.02. The van der Waals surface area contributed by atoms with Gasteiger partial charge in [0.15, 0.2) is 15.0 Å². The van der Waals surface area contributed by atoms with Crippen molar-refractivity contribution in [2.24, 2.45) is 13.0 Å². The van der Waals surface area contributed by atoms with Gasteiger partial charge < -0.3 is 9.09 Å². The van der Waals surface area contributed by atoms with E-state index in [1.165, 1.54) is 11.8 Å². The predicted octanol–water partition coefficient (Wildman–Crippen LogP) is 2.96. The number of thiophene rings is 1. The van der Waals surface area contributed by atoms with Crippen LogP contribution in [-0.2, 0) is 29.1 Å². The molecule has 1 saturated heterocycles. The Bertz CT molecular complexity index is 1060. The van der Waals surface area contributed by atoms with Gasteiger partial charge in [-0.05, 0) is 34.3 Å². The second-order valence-corrected chi connectivity index (χ2v) is 11.4. The third-order valence-electron chi connectivity index (χ3n) is 4.30. The van der Waals surface area contributed by atoms with Crippen LogP contribution in [-0.4, -0.2) is 44.8 Å². The zero-order chi connectivity index (χ0) is 19.0. The van der Waals surface area contributed by atoms with Crippen molar-refractivity contribution in [2.75, 3.05) is 11.5 Å². The van der Waals surface area contributed by atoms with E-state index in [1.807, 2.05) is 23.1 Å². The summed E-state index contributed by atoms with van der Waals surface area (Å²) in [5, 5.41) is 15.2. The number of rotatable bonds is 6. The number of hydrogen-bond acceptors (Lipinski definition) is 9. The molecule has 0 aliphatic carbocycles. The molecule has 144 valence electrons. The van der Waals surface area contributed by atoms with E-state index < -0.39 is 9.84 Å². The van der Waals surface area contributed by atoms with Gasteiger partial charge in [-0.15, -0.1) is 21.5 Å². The maximum Gasteiger partial charge on any atom is 0.237 e. The maximum atomic E-state index is 11.6. The Labute approximate surface area is 172 Å². The van der Waals surface area contributed by atoms with Crippen LogP contribution < -0.4 is 0 Å². The Balaban J connectivity index is 1.38. The van der Waals surface area contributed by atoms with Gasteiger partial charge in [-0.2, -0.15) is 4.98 Å². The minimum atomic E-state index is -2.88. The van der Waals surface area contributed by atoms with E-state index in [4.69, 9.17) is 4.52 Å². The van der Waals surface area contributed by atoms with Gasteiger partial charge in [0, 0.05) is 23.3 Å². The van der Waals surface area contributed by atoms with Crippen LogP contribution in [0.2, 0.25) is 0 Å². The summed E-state index contributed by atoms with van der Waals surface area (Å²) in [6.45, 7) is 0. The van der Waals surface area contributed by atoms with Crippen molar-refractivity contribution in [2.45, 2.75) is 23.8 Å². The highest BCUT2D eigenvalue weighted by molar-refractivity contribution is 9.10. The van der Waals surface area contributed by atoms with Gasteiger partial charge in [0.1, 0.15) is 5.82 Å². The highest BCUT2D eigenvalue weighted by Gasteiger charge is 2.29. The summed E-state index contributed by atoms with van der Waals surface area (Å²) >= 11 is 6.42. The van der Waals surface area contributed by atoms with Gasteiger partial charge in [0.2, 0.25) is 11.7 Å². The molecule has 1 unspecified atom stereocenters. The zero-order valence-electron chi connectivity index (χ0n) is 14.3. The number of nitrogens with zero attached hydrogens (tertiary/aromatic N) is 5. The maximum absolute atomic E-state index is 11.6. The molecular weight excluding hydrogens is 474 g/mol. The molecule has 1 fully saturated rings. The van der Waals surface area contributed by atoms with Crippen molar-refractivity contribution in [1.29, 1.82) is 0 Å².